The standard InChI is InChI=1S/C14H21N3O2S/c1-7(2)16-14(19)17-13-11(12(15)18)9-5-4-8(3)6-10(9)20-13/h7-8H,4-6H2,1-3H3,(H2,15,18)(H2,16,17,19). The van der Waals surface area contributed by atoms with E-state index in [1.165, 1.54) is 16.2 Å². The van der Waals surface area contributed by atoms with Gasteiger partial charge in [-0.3, -0.25) is 10.1 Å². The fourth-order valence-corrected chi connectivity index (χ4v) is 3.91. The van der Waals surface area contributed by atoms with Crippen molar-refractivity contribution in [3.8, 4) is 0 Å². The summed E-state index contributed by atoms with van der Waals surface area (Å²) in [7, 11) is 0. The second-order valence-corrected chi connectivity index (χ2v) is 6.78. The highest BCUT2D eigenvalue weighted by Crippen LogP contribution is 2.39. The first kappa shape index (κ1) is 14.8. The van der Waals surface area contributed by atoms with Crippen molar-refractivity contribution in [1.29, 1.82) is 0 Å². The molecule has 0 fully saturated rings. The largest absolute Gasteiger partial charge is 0.365 e. The van der Waals surface area contributed by atoms with E-state index in [9.17, 15) is 9.59 Å². The van der Waals surface area contributed by atoms with Crippen LogP contribution in [0.3, 0.4) is 0 Å². The van der Waals surface area contributed by atoms with Crippen LogP contribution in [0.1, 0.15) is 48.0 Å². The molecule has 1 atom stereocenters. The number of nitrogens with one attached hydrogen (secondary N) is 2. The summed E-state index contributed by atoms with van der Waals surface area (Å²) in [6.07, 6.45) is 2.87. The highest BCUT2D eigenvalue weighted by Gasteiger charge is 2.27. The second-order valence-electron chi connectivity index (χ2n) is 5.67. The van der Waals surface area contributed by atoms with Crippen molar-refractivity contribution in [2.45, 2.75) is 46.1 Å². The highest BCUT2D eigenvalue weighted by atomic mass is 32.1. The summed E-state index contributed by atoms with van der Waals surface area (Å²) in [5.74, 6) is 0.149. The molecule has 20 heavy (non-hydrogen) atoms. The lowest BCUT2D eigenvalue weighted by molar-refractivity contribution is 0.100. The fraction of sp³-hybridized carbons (Fsp3) is 0.571. The van der Waals surface area contributed by atoms with Crippen LogP contribution in [-0.4, -0.2) is 18.0 Å². The Labute approximate surface area is 122 Å². The molecule has 4 N–H and O–H groups in total. The number of primary amides is 1. The Morgan fingerprint density at radius 2 is 2.10 bits per heavy atom. The Bertz CT molecular complexity index is 537. The third kappa shape index (κ3) is 3.12. The van der Waals surface area contributed by atoms with Gasteiger partial charge in [0, 0.05) is 10.9 Å². The molecule has 1 unspecified atom stereocenters. The summed E-state index contributed by atoms with van der Waals surface area (Å²) in [5, 5.41) is 6.09. The summed E-state index contributed by atoms with van der Waals surface area (Å²) in [6.45, 7) is 5.97. The third-order valence-corrected chi connectivity index (χ3v) is 4.57. The minimum Gasteiger partial charge on any atom is -0.365 e. The van der Waals surface area contributed by atoms with Crippen molar-refractivity contribution in [3.63, 3.8) is 0 Å². The molecule has 6 heteroatoms. The molecule has 110 valence electrons. The number of anilines is 1. The summed E-state index contributed by atoms with van der Waals surface area (Å²) in [5.41, 5.74) is 7.02. The number of carbonyl (C=O) groups is 2. The van der Waals surface area contributed by atoms with Crippen LogP contribution in [0.25, 0.3) is 0 Å². The van der Waals surface area contributed by atoms with Gasteiger partial charge in [0.15, 0.2) is 0 Å². The zero-order chi connectivity index (χ0) is 14.9. The van der Waals surface area contributed by atoms with Gasteiger partial charge in [0.1, 0.15) is 5.00 Å². The Kier molecular flexibility index (Phi) is 4.32. The number of hydrogen-bond acceptors (Lipinski definition) is 3. The molecule has 0 aromatic carbocycles. The zero-order valence-corrected chi connectivity index (χ0v) is 12.9. The van der Waals surface area contributed by atoms with E-state index in [0.717, 1.165) is 24.8 Å². The van der Waals surface area contributed by atoms with Gasteiger partial charge in [-0.15, -0.1) is 11.3 Å². The van der Waals surface area contributed by atoms with Crippen molar-refractivity contribution in [1.82, 2.24) is 5.32 Å². The molecule has 1 aromatic heterocycles. The maximum atomic E-state index is 11.8. The first-order chi connectivity index (χ1) is 9.38. The number of fused-ring (bicyclic) bond motifs is 1. The number of nitrogens with two attached hydrogens (primary N) is 1. The SMILES string of the molecule is CC1CCc2c(sc(NC(=O)NC(C)C)c2C(N)=O)C1. The Morgan fingerprint density at radius 1 is 1.40 bits per heavy atom. The quantitative estimate of drug-likeness (QED) is 0.800. The minimum atomic E-state index is -0.461. The number of carbonyl (C=O) groups excluding carboxylic acids is 2. The number of hydrogen-bond donors (Lipinski definition) is 3. The molecule has 1 aromatic rings. The Hall–Kier alpha value is -1.56. The lowest BCUT2D eigenvalue weighted by atomic mass is 9.88. The molecule has 5 nitrogen and oxygen atoms in total. The maximum absolute atomic E-state index is 11.8. The molecule has 0 spiro atoms. The first-order valence-electron chi connectivity index (χ1n) is 6.90. The predicted octanol–water partition coefficient (Wildman–Crippen LogP) is 2.50. The Balaban J connectivity index is 2.28. The number of rotatable bonds is 3. The lowest BCUT2D eigenvalue weighted by Gasteiger charge is -2.18. The van der Waals surface area contributed by atoms with E-state index in [1.54, 1.807) is 0 Å². The van der Waals surface area contributed by atoms with E-state index in [1.807, 2.05) is 13.8 Å². The number of amides is 3. The van der Waals surface area contributed by atoms with Crippen LogP contribution in [0.4, 0.5) is 9.80 Å². The third-order valence-electron chi connectivity index (χ3n) is 3.40. The maximum Gasteiger partial charge on any atom is 0.320 e. The van der Waals surface area contributed by atoms with Crippen molar-refractivity contribution in [3.05, 3.63) is 16.0 Å². The second kappa shape index (κ2) is 5.83. The van der Waals surface area contributed by atoms with Gasteiger partial charge in [-0.2, -0.15) is 0 Å². The molecule has 0 aliphatic heterocycles. The van der Waals surface area contributed by atoms with E-state index in [0.29, 0.717) is 16.5 Å². The van der Waals surface area contributed by atoms with Gasteiger partial charge in [0.25, 0.3) is 5.91 Å². The van der Waals surface area contributed by atoms with Gasteiger partial charge in [-0.25, -0.2) is 4.79 Å². The van der Waals surface area contributed by atoms with E-state index in [2.05, 4.69) is 17.6 Å². The zero-order valence-electron chi connectivity index (χ0n) is 12.1. The minimum absolute atomic E-state index is 0.0432. The van der Waals surface area contributed by atoms with Crippen LogP contribution >= 0.6 is 11.3 Å². The molecule has 0 saturated carbocycles. The van der Waals surface area contributed by atoms with Crippen LogP contribution < -0.4 is 16.4 Å². The van der Waals surface area contributed by atoms with E-state index in [-0.39, 0.29) is 12.1 Å². The van der Waals surface area contributed by atoms with E-state index < -0.39 is 5.91 Å². The van der Waals surface area contributed by atoms with Crippen LogP contribution in [-0.2, 0) is 12.8 Å². The predicted molar refractivity (Wildman–Crippen MR) is 81.3 cm³/mol. The lowest BCUT2D eigenvalue weighted by Crippen LogP contribution is -2.34. The van der Waals surface area contributed by atoms with E-state index in [4.69, 9.17) is 5.73 Å². The van der Waals surface area contributed by atoms with Gasteiger partial charge >= 0.3 is 6.03 Å². The van der Waals surface area contributed by atoms with Gasteiger partial charge < -0.3 is 11.1 Å². The molecule has 0 bridgehead atoms. The molecule has 0 saturated heterocycles. The van der Waals surface area contributed by atoms with Crippen LogP contribution in [0.2, 0.25) is 0 Å². The monoisotopic (exact) mass is 295 g/mol. The van der Waals surface area contributed by atoms with Crippen LogP contribution in [0.5, 0.6) is 0 Å². The summed E-state index contributed by atoms with van der Waals surface area (Å²) >= 11 is 1.48. The van der Waals surface area contributed by atoms with Crippen molar-refractivity contribution in [2.75, 3.05) is 5.32 Å². The topological polar surface area (TPSA) is 84.2 Å². The average molecular weight is 295 g/mol. The molecule has 1 aliphatic rings. The van der Waals surface area contributed by atoms with Gasteiger partial charge in [-0.05, 0) is 44.6 Å². The van der Waals surface area contributed by atoms with Gasteiger partial charge in [-0.1, -0.05) is 6.92 Å². The van der Waals surface area contributed by atoms with Gasteiger partial charge in [0.05, 0.1) is 5.56 Å². The molecule has 2 rings (SSSR count). The number of urea groups is 1. The molecular formula is C14H21N3O2S. The number of thiophene rings is 1. The summed E-state index contributed by atoms with van der Waals surface area (Å²) in [4.78, 5) is 24.7. The Morgan fingerprint density at radius 3 is 2.70 bits per heavy atom. The van der Waals surface area contributed by atoms with Crippen LogP contribution in [0.15, 0.2) is 0 Å². The van der Waals surface area contributed by atoms with Crippen molar-refractivity contribution >= 4 is 28.3 Å². The molecule has 0 radical (unpaired) electrons. The average Bonchev–Trinajstić information content (AvgIpc) is 2.64. The summed E-state index contributed by atoms with van der Waals surface area (Å²) in [6, 6.07) is -0.254. The van der Waals surface area contributed by atoms with Crippen molar-refractivity contribution < 1.29 is 9.59 Å². The molecule has 1 aliphatic carbocycles. The fourth-order valence-electron chi connectivity index (χ4n) is 2.50. The molecular weight excluding hydrogens is 274 g/mol. The summed E-state index contributed by atoms with van der Waals surface area (Å²) < 4.78 is 0. The first-order valence-corrected chi connectivity index (χ1v) is 7.72. The van der Waals surface area contributed by atoms with E-state index >= 15 is 0 Å². The highest BCUT2D eigenvalue weighted by molar-refractivity contribution is 7.17. The molecule has 1 heterocycles. The molecule has 3 amide bonds. The van der Waals surface area contributed by atoms with Crippen molar-refractivity contribution in [2.24, 2.45) is 11.7 Å². The smallest absolute Gasteiger partial charge is 0.320 e. The van der Waals surface area contributed by atoms with Crippen LogP contribution in [0, 0.1) is 5.92 Å². The van der Waals surface area contributed by atoms with Gasteiger partial charge in [0.2, 0.25) is 0 Å². The normalized spacial score (nSPS) is 17.7.